The van der Waals surface area contributed by atoms with Crippen LogP contribution in [0, 0.1) is 22.7 Å². The molecule has 0 spiro atoms. The van der Waals surface area contributed by atoms with Crippen LogP contribution in [0.2, 0.25) is 0 Å². The van der Waals surface area contributed by atoms with Crippen LogP contribution >= 0.6 is 11.3 Å². The molecule has 0 aliphatic heterocycles. The first-order valence-electron chi connectivity index (χ1n) is 16.4. The van der Waals surface area contributed by atoms with Crippen LogP contribution < -0.4 is 0 Å². The second-order valence-electron chi connectivity index (χ2n) is 12.7. The van der Waals surface area contributed by atoms with Gasteiger partial charge in [-0.15, -0.1) is 11.3 Å². The number of hydrogen-bond donors (Lipinski definition) is 0. The average Bonchev–Trinajstić information content (AvgIpc) is 3.81. The Hall–Kier alpha value is -6.40. The average molecular weight is 643 g/mol. The summed E-state index contributed by atoms with van der Waals surface area (Å²) >= 11 is 1.91. The number of para-hydroxylation sites is 2. The van der Waals surface area contributed by atoms with Crippen LogP contribution in [-0.2, 0) is 6.42 Å². The van der Waals surface area contributed by atoms with E-state index in [1.165, 1.54) is 59.2 Å². The smallest absolute Gasteiger partial charge is 0.0992 e. The van der Waals surface area contributed by atoms with Crippen molar-refractivity contribution in [2.24, 2.45) is 0 Å². The molecule has 0 amide bonds. The van der Waals surface area contributed by atoms with Gasteiger partial charge in [0, 0.05) is 47.9 Å². The molecule has 9 aromatic rings. The van der Waals surface area contributed by atoms with Crippen LogP contribution in [0.1, 0.15) is 33.6 Å². The van der Waals surface area contributed by atoms with Gasteiger partial charge in [0.05, 0.1) is 45.3 Å². The van der Waals surface area contributed by atoms with Crippen molar-refractivity contribution in [3.8, 4) is 23.5 Å². The fourth-order valence-corrected chi connectivity index (χ4v) is 9.01. The number of aromatic nitrogens is 2. The molecular weight excluding hydrogens is 617 g/mol. The first-order valence-corrected chi connectivity index (χ1v) is 17.2. The van der Waals surface area contributed by atoms with Crippen molar-refractivity contribution in [1.82, 2.24) is 9.13 Å². The molecule has 0 radical (unpaired) electrons. The van der Waals surface area contributed by atoms with Gasteiger partial charge in [-0.05, 0) is 102 Å². The Kier molecular flexibility index (Phi) is 5.96. The summed E-state index contributed by atoms with van der Waals surface area (Å²) in [4.78, 5) is 1.43. The molecule has 0 N–H and O–H groups in total. The Balaban J connectivity index is 1.13. The zero-order valence-electron chi connectivity index (χ0n) is 26.3. The minimum absolute atomic E-state index is 0.611. The number of thiophene rings is 1. The van der Waals surface area contributed by atoms with E-state index in [-0.39, 0.29) is 0 Å². The molecule has 0 saturated carbocycles. The van der Waals surface area contributed by atoms with Crippen LogP contribution in [-0.4, -0.2) is 9.13 Å². The van der Waals surface area contributed by atoms with Crippen LogP contribution in [0.25, 0.3) is 76.7 Å². The number of rotatable bonds is 3. The zero-order chi connectivity index (χ0) is 32.6. The monoisotopic (exact) mass is 642 g/mol. The highest BCUT2D eigenvalue weighted by atomic mass is 32.1. The van der Waals surface area contributed by atoms with Crippen molar-refractivity contribution in [3.05, 3.63) is 155 Å². The molecule has 6 aromatic carbocycles. The summed E-state index contributed by atoms with van der Waals surface area (Å²) in [7, 11) is 0. The van der Waals surface area contributed by atoms with E-state index < -0.39 is 0 Å². The normalized spacial score (nSPS) is 12.8. The molecule has 3 aromatic heterocycles. The van der Waals surface area contributed by atoms with Crippen molar-refractivity contribution in [3.63, 3.8) is 0 Å². The van der Waals surface area contributed by atoms with Gasteiger partial charge in [-0.2, -0.15) is 10.5 Å². The highest BCUT2D eigenvalue weighted by Gasteiger charge is 2.20. The number of allylic oxidation sites excluding steroid dienone is 1. The van der Waals surface area contributed by atoms with Gasteiger partial charge in [0.2, 0.25) is 0 Å². The molecule has 3 heterocycles. The van der Waals surface area contributed by atoms with Crippen molar-refractivity contribution in [1.29, 1.82) is 10.5 Å². The lowest BCUT2D eigenvalue weighted by Gasteiger charge is -2.16. The van der Waals surface area contributed by atoms with Gasteiger partial charge in [-0.25, -0.2) is 0 Å². The molecular formula is C44H26N4S. The zero-order valence-corrected chi connectivity index (χ0v) is 27.1. The van der Waals surface area contributed by atoms with E-state index in [1.54, 1.807) is 0 Å². The third kappa shape index (κ3) is 4.14. The highest BCUT2D eigenvalue weighted by molar-refractivity contribution is 7.19. The fourth-order valence-electron chi connectivity index (χ4n) is 7.84. The number of benzene rings is 6. The lowest BCUT2D eigenvalue weighted by molar-refractivity contribution is 1.03. The first-order chi connectivity index (χ1) is 24.2. The maximum Gasteiger partial charge on any atom is 0.0992 e. The highest BCUT2D eigenvalue weighted by Crippen LogP contribution is 2.42. The molecule has 1 aliphatic rings. The van der Waals surface area contributed by atoms with Crippen molar-refractivity contribution in [2.45, 2.75) is 12.8 Å². The predicted molar refractivity (Wildman–Crippen MR) is 203 cm³/mol. The number of aryl methyl sites for hydroxylation is 1. The Morgan fingerprint density at radius 3 is 1.80 bits per heavy atom. The number of nitriles is 2. The van der Waals surface area contributed by atoms with E-state index in [0.29, 0.717) is 11.1 Å². The van der Waals surface area contributed by atoms with Gasteiger partial charge in [0.15, 0.2) is 0 Å². The quantitative estimate of drug-likeness (QED) is 0.193. The molecule has 1 aliphatic carbocycles. The minimum atomic E-state index is 0.611. The lowest BCUT2D eigenvalue weighted by atomic mass is 9.91. The molecule has 0 saturated heterocycles. The van der Waals surface area contributed by atoms with Gasteiger partial charge in [-0.3, -0.25) is 0 Å². The number of fused-ring (bicyclic) bond motifs is 9. The SMILES string of the molecule is N#Cc1ccc2c3ccc(C#N)cc3n(-c3cccc(C4=Cc5c(sc6ccc(-n7c8ccccc8c8ccccc87)cc56)CC4)c3)c2c1. The molecule has 0 unspecified atom stereocenters. The van der Waals surface area contributed by atoms with Gasteiger partial charge < -0.3 is 9.13 Å². The minimum Gasteiger partial charge on any atom is -0.309 e. The van der Waals surface area contributed by atoms with Crippen LogP contribution in [0.15, 0.2) is 127 Å². The molecule has 0 bridgehead atoms. The second kappa shape index (κ2) is 10.6. The van der Waals surface area contributed by atoms with E-state index in [0.717, 1.165) is 40.3 Å². The van der Waals surface area contributed by atoms with Gasteiger partial charge in [-0.1, -0.05) is 60.7 Å². The van der Waals surface area contributed by atoms with E-state index in [9.17, 15) is 10.5 Å². The summed E-state index contributed by atoms with van der Waals surface area (Å²) in [5.74, 6) is 0. The molecule has 10 rings (SSSR count). The Labute approximate surface area is 286 Å². The maximum atomic E-state index is 9.72. The summed E-state index contributed by atoms with van der Waals surface area (Å²) in [5.41, 5.74) is 11.6. The standard InChI is InChI=1S/C44H26N4S/c45-25-27-12-16-35-36-17-13-28(26-46)21-42(36)48(41(35)20-27)31-7-5-6-29(22-31)30-14-18-43-37(23-30)38-24-32(15-19-44(38)49-43)47-39-10-3-1-8-33(39)34-9-2-4-11-40(34)47/h1-13,15-17,19-24H,14,18H2. The van der Waals surface area contributed by atoms with Crippen LogP contribution in [0.5, 0.6) is 0 Å². The summed E-state index contributed by atoms with van der Waals surface area (Å²) in [6.07, 6.45) is 4.37. The maximum absolute atomic E-state index is 9.72. The van der Waals surface area contributed by atoms with Crippen LogP contribution in [0.4, 0.5) is 0 Å². The van der Waals surface area contributed by atoms with Gasteiger partial charge >= 0.3 is 0 Å². The molecule has 4 nitrogen and oxygen atoms in total. The topological polar surface area (TPSA) is 57.4 Å². The molecule has 5 heteroatoms. The molecule has 0 fully saturated rings. The largest absolute Gasteiger partial charge is 0.309 e. The van der Waals surface area contributed by atoms with Crippen molar-refractivity contribution in [2.75, 3.05) is 0 Å². The summed E-state index contributed by atoms with van der Waals surface area (Å²) in [5, 5.41) is 25.4. The fraction of sp³-hybridized carbons (Fsp3) is 0.0455. The number of hydrogen-bond acceptors (Lipinski definition) is 3. The van der Waals surface area contributed by atoms with Gasteiger partial charge in [0.25, 0.3) is 0 Å². The van der Waals surface area contributed by atoms with Crippen LogP contribution in [0.3, 0.4) is 0 Å². The third-order valence-electron chi connectivity index (χ3n) is 10.1. The third-order valence-corrected chi connectivity index (χ3v) is 11.3. The lowest BCUT2D eigenvalue weighted by Crippen LogP contribution is -1.99. The summed E-state index contributed by atoms with van der Waals surface area (Å²) < 4.78 is 5.90. The van der Waals surface area contributed by atoms with Gasteiger partial charge in [0.1, 0.15) is 0 Å². The van der Waals surface area contributed by atoms with E-state index in [4.69, 9.17) is 0 Å². The Morgan fingerprint density at radius 2 is 1.12 bits per heavy atom. The van der Waals surface area contributed by atoms with Crippen molar-refractivity contribution < 1.29 is 0 Å². The second-order valence-corrected chi connectivity index (χ2v) is 13.9. The predicted octanol–water partition coefficient (Wildman–Crippen LogP) is 11.3. The van der Waals surface area contributed by atoms with E-state index in [2.05, 4.69) is 118 Å². The Morgan fingerprint density at radius 1 is 0.510 bits per heavy atom. The van der Waals surface area contributed by atoms with Crippen molar-refractivity contribution >= 4 is 76.7 Å². The Bertz CT molecular complexity index is 2850. The summed E-state index contributed by atoms with van der Waals surface area (Å²) in [6.45, 7) is 0. The first kappa shape index (κ1) is 27.7. The summed E-state index contributed by atoms with van der Waals surface area (Å²) in [6, 6.07) is 49.2. The number of nitrogens with zero attached hydrogens (tertiary/aromatic N) is 4. The molecule has 0 atom stereocenters. The molecule has 49 heavy (non-hydrogen) atoms. The van der Waals surface area contributed by atoms with E-state index in [1.807, 2.05) is 47.7 Å². The van der Waals surface area contributed by atoms with E-state index >= 15 is 0 Å². The molecule has 228 valence electrons.